The minimum Gasteiger partial charge on any atom is -0.497 e. The molecule has 6 nitrogen and oxygen atoms in total. The van der Waals surface area contributed by atoms with E-state index in [9.17, 15) is 0 Å². The first-order valence-electron chi connectivity index (χ1n) is 8.31. The van der Waals surface area contributed by atoms with Crippen molar-refractivity contribution in [2.75, 3.05) is 66.9 Å². The van der Waals surface area contributed by atoms with Gasteiger partial charge in [-0.2, -0.15) is 0 Å². The maximum absolute atomic E-state index is 5.38. The van der Waals surface area contributed by atoms with E-state index in [1.165, 1.54) is 0 Å². The van der Waals surface area contributed by atoms with Crippen molar-refractivity contribution in [3.05, 3.63) is 18.2 Å². The largest absolute Gasteiger partial charge is 0.497 e. The summed E-state index contributed by atoms with van der Waals surface area (Å²) in [5, 5.41) is 0. The predicted octanol–water partition coefficient (Wildman–Crippen LogP) is 2.01. The monoisotopic (exact) mass is 334 g/mol. The van der Waals surface area contributed by atoms with E-state index in [4.69, 9.17) is 14.5 Å². The Kier molecular flexibility index (Phi) is 6.17. The van der Waals surface area contributed by atoms with Crippen LogP contribution in [0.3, 0.4) is 0 Å². The number of nitrogens with zero attached hydrogens (tertiary/aromatic N) is 4. The molecule has 0 N–H and O–H groups in total. The van der Waals surface area contributed by atoms with Crippen molar-refractivity contribution in [3.63, 3.8) is 0 Å². The lowest BCUT2D eigenvalue weighted by Gasteiger charge is -2.23. The SMILES string of the molecule is COc1cc(OC)cc(N2CCC(CN=C(N(C)C)N(C)C)C2)c1. The summed E-state index contributed by atoms with van der Waals surface area (Å²) < 4.78 is 10.8. The van der Waals surface area contributed by atoms with E-state index in [2.05, 4.69) is 26.8 Å². The molecule has 1 aromatic carbocycles. The molecule has 1 atom stereocenters. The van der Waals surface area contributed by atoms with E-state index in [0.717, 1.165) is 49.2 Å². The van der Waals surface area contributed by atoms with Gasteiger partial charge in [0.25, 0.3) is 0 Å². The van der Waals surface area contributed by atoms with Crippen LogP contribution in [-0.4, -0.2) is 77.8 Å². The van der Waals surface area contributed by atoms with Gasteiger partial charge >= 0.3 is 0 Å². The smallest absolute Gasteiger partial charge is 0.195 e. The Balaban J connectivity index is 2.04. The Morgan fingerprint density at radius 2 is 1.67 bits per heavy atom. The lowest BCUT2D eigenvalue weighted by molar-refractivity contribution is 0.394. The average Bonchev–Trinajstić information content (AvgIpc) is 3.02. The summed E-state index contributed by atoms with van der Waals surface area (Å²) in [6.45, 7) is 2.90. The number of anilines is 1. The van der Waals surface area contributed by atoms with Crippen molar-refractivity contribution in [2.24, 2.45) is 10.9 Å². The molecule has 134 valence electrons. The second kappa shape index (κ2) is 8.13. The number of methoxy groups -OCH3 is 2. The summed E-state index contributed by atoms with van der Waals surface area (Å²) in [4.78, 5) is 11.3. The molecular formula is C18H30N4O2. The summed E-state index contributed by atoms with van der Waals surface area (Å²) in [5.41, 5.74) is 1.15. The van der Waals surface area contributed by atoms with Crippen molar-refractivity contribution in [3.8, 4) is 11.5 Å². The molecule has 6 heteroatoms. The fourth-order valence-corrected chi connectivity index (χ4v) is 3.08. The van der Waals surface area contributed by atoms with Gasteiger partial charge in [-0.25, -0.2) is 0 Å². The Morgan fingerprint density at radius 1 is 1.08 bits per heavy atom. The molecule has 0 amide bonds. The minimum absolute atomic E-state index is 0.567. The van der Waals surface area contributed by atoms with Crippen LogP contribution in [0.5, 0.6) is 11.5 Å². The van der Waals surface area contributed by atoms with Crippen LogP contribution in [0.2, 0.25) is 0 Å². The van der Waals surface area contributed by atoms with E-state index in [0.29, 0.717) is 5.92 Å². The first kappa shape index (κ1) is 18.2. The quantitative estimate of drug-likeness (QED) is 0.608. The lowest BCUT2D eigenvalue weighted by Crippen LogP contribution is -2.36. The number of hydrogen-bond acceptors (Lipinski definition) is 4. The van der Waals surface area contributed by atoms with Crippen LogP contribution in [0.15, 0.2) is 23.2 Å². The zero-order valence-corrected chi connectivity index (χ0v) is 15.7. The van der Waals surface area contributed by atoms with E-state index in [1.54, 1.807) is 14.2 Å². The minimum atomic E-state index is 0.567. The molecule has 0 aromatic heterocycles. The molecule has 1 unspecified atom stereocenters. The molecule has 1 aliphatic heterocycles. The molecule has 1 aliphatic rings. The molecule has 1 aromatic rings. The number of guanidine groups is 1. The van der Waals surface area contributed by atoms with Crippen LogP contribution in [0, 0.1) is 5.92 Å². The highest BCUT2D eigenvalue weighted by Gasteiger charge is 2.23. The number of rotatable bonds is 5. The Labute approximate surface area is 145 Å². The Morgan fingerprint density at radius 3 is 2.17 bits per heavy atom. The van der Waals surface area contributed by atoms with Crippen LogP contribution < -0.4 is 14.4 Å². The van der Waals surface area contributed by atoms with Gasteiger partial charge in [0.1, 0.15) is 11.5 Å². The van der Waals surface area contributed by atoms with Crippen molar-refractivity contribution in [1.29, 1.82) is 0 Å². The normalized spacial score (nSPS) is 16.8. The zero-order valence-electron chi connectivity index (χ0n) is 15.7. The predicted molar refractivity (Wildman–Crippen MR) is 99.5 cm³/mol. The van der Waals surface area contributed by atoms with E-state index >= 15 is 0 Å². The van der Waals surface area contributed by atoms with Gasteiger partial charge in [-0.15, -0.1) is 0 Å². The molecule has 0 bridgehead atoms. The van der Waals surface area contributed by atoms with Crippen LogP contribution in [-0.2, 0) is 0 Å². The first-order chi connectivity index (χ1) is 11.4. The molecule has 1 fully saturated rings. The topological polar surface area (TPSA) is 40.5 Å². The van der Waals surface area contributed by atoms with Gasteiger partial charge in [-0.3, -0.25) is 4.99 Å². The fourth-order valence-electron chi connectivity index (χ4n) is 3.08. The summed E-state index contributed by atoms with van der Waals surface area (Å²) in [5.74, 6) is 3.23. The van der Waals surface area contributed by atoms with E-state index in [-0.39, 0.29) is 0 Å². The number of ether oxygens (including phenoxy) is 2. The third-order valence-electron chi connectivity index (χ3n) is 4.28. The Bertz CT molecular complexity index is 540. The van der Waals surface area contributed by atoms with Crippen molar-refractivity contribution < 1.29 is 9.47 Å². The highest BCUT2D eigenvalue weighted by molar-refractivity contribution is 5.79. The first-order valence-corrected chi connectivity index (χ1v) is 8.31. The second-order valence-electron chi connectivity index (χ2n) is 6.60. The molecular weight excluding hydrogens is 304 g/mol. The third kappa shape index (κ3) is 4.46. The van der Waals surface area contributed by atoms with Crippen LogP contribution in [0.1, 0.15) is 6.42 Å². The highest BCUT2D eigenvalue weighted by Crippen LogP contribution is 2.31. The number of hydrogen-bond donors (Lipinski definition) is 0. The summed E-state index contributed by atoms with van der Waals surface area (Å²) in [6.07, 6.45) is 1.15. The van der Waals surface area contributed by atoms with Crippen LogP contribution >= 0.6 is 0 Å². The maximum Gasteiger partial charge on any atom is 0.195 e. The van der Waals surface area contributed by atoms with Crippen molar-refractivity contribution >= 4 is 11.6 Å². The van der Waals surface area contributed by atoms with Gasteiger partial charge in [-0.05, 0) is 12.3 Å². The van der Waals surface area contributed by atoms with Gasteiger partial charge in [-0.1, -0.05) is 0 Å². The third-order valence-corrected chi connectivity index (χ3v) is 4.28. The van der Waals surface area contributed by atoms with Crippen LogP contribution in [0.25, 0.3) is 0 Å². The molecule has 0 aliphatic carbocycles. The number of aliphatic imine (C=N–C) groups is 1. The lowest BCUT2D eigenvalue weighted by atomic mass is 10.1. The average molecular weight is 334 g/mol. The standard InChI is InChI=1S/C18H30N4O2/c1-20(2)18(21(3)4)19-12-14-7-8-22(13-14)15-9-16(23-5)11-17(10-15)24-6/h9-11,14H,7-8,12-13H2,1-6H3. The van der Waals surface area contributed by atoms with Gasteiger partial charge in [0.15, 0.2) is 5.96 Å². The van der Waals surface area contributed by atoms with Crippen LogP contribution in [0.4, 0.5) is 5.69 Å². The second-order valence-corrected chi connectivity index (χ2v) is 6.60. The van der Waals surface area contributed by atoms with Crippen molar-refractivity contribution in [2.45, 2.75) is 6.42 Å². The molecule has 2 rings (SSSR count). The molecule has 0 saturated carbocycles. The van der Waals surface area contributed by atoms with E-state index < -0.39 is 0 Å². The molecule has 1 saturated heterocycles. The van der Waals surface area contributed by atoms with E-state index in [1.807, 2.05) is 34.3 Å². The maximum atomic E-state index is 5.38. The van der Waals surface area contributed by atoms with Gasteiger partial charge in [0, 0.05) is 71.7 Å². The Hall–Kier alpha value is -2.11. The highest BCUT2D eigenvalue weighted by atomic mass is 16.5. The van der Waals surface area contributed by atoms with Gasteiger partial charge in [0.2, 0.25) is 0 Å². The van der Waals surface area contributed by atoms with Crippen molar-refractivity contribution in [1.82, 2.24) is 9.80 Å². The molecule has 0 spiro atoms. The summed E-state index contributed by atoms with van der Waals surface area (Å²) in [6, 6.07) is 6.04. The van der Waals surface area contributed by atoms with Gasteiger partial charge in [0.05, 0.1) is 14.2 Å². The summed E-state index contributed by atoms with van der Waals surface area (Å²) in [7, 11) is 11.5. The fraction of sp³-hybridized carbons (Fsp3) is 0.611. The molecule has 0 radical (unpaired) electrons. The zero-order chi connectivity index (χ0) is 17.7. The van der Waals surface area contributed by atoms with Gasteiger partial charge < -0.3 is 24.2 Å². The molecule has 1 heterocycles. The summed E-state index contributed by atoms with van der Waals surface area (Å²) >= 11 is 0. The number of benzene rings is 1. The molecule has 24 heavy (non-hydrogen) atoms.